The van der Waals surface area contributed by atoms with E-state index in [1.165, 1.54) is 0 Å². The molecule has 1 aliphatic rings. The van der Waals surface area contributed by atoms with E-state index in [4.69, 9.17) is 0 Å². The number of nitro benzene ring substituents is 1. The maximum absolute atomic E-state index is 11.0. The van der Waals surface area contributed by atoms with E-state index in [2.05, 4.69) is 4.90 Å². The molecular weight excluding hydrogens is 256 g/mol. The fourth-order valence-corrected chi connectivity index (χ4v) is 3.02. The van der Waals surface area contributed by atoms with Crippen LogP contribution in [0.2, 0.25) is 0 Å². The number of rotatable bonds is 4. The van der Waals surface area contributed by atoms with Gasteiger partial charge in [-0.15, -0.1) is 0 Å². The molecule has 5 nitrogen and oxygen atoms in total. The van der Waals surface area contributed by atoms with Gasteiger partial charge in [0.15, 0.2) is 0 Å². The Morgan fingerprint density at radius 1 is 1.50 bits per heavy atom. The molecule has 1 aromatic rings. The van der Waals surface area contributed by atoms with Crippen LogP contribution in [0.4, 0.5) is 5.69 Å². The van der Waals surface area contributed by atoms with Crippen LogP contribution in [0.3, 0.4) is 0 Å². The van der Waals surface area contributed by atoms with Crippen LogP contribution in [0.5, 0.6) is 0 Å². The molecule has 2 rings (SSSR count). The zero-order chi connectivity index (χ0) is 14.7. The number of aliphatic hydroxyl groups is 1. The normalized spacial score (nSPS) is 21.6. The van der Waals surface area contributed by atoms with E-state index in [-0.39, 0.29) is 22.8 Å². The second kappa shape index (κ2) is 6.33. The molecule has 0 amide bonds. The second-order valence-corrected chi connectivity index (χ2v) is 5.59. The molecule has 110 valence electrons. The van der Waals surface area contributed by atoms with Crippen LogP contribution >= 0.6 is 0 Å². The number of hydrogen-bond acceptors (Lipinski definition) is 4. The van der Waals surface area contributed by atoms with Crippen LogP contribution in [-0.2, 0) is 6.54 Å². The van der Waals surface area contributed by atoms with Crippen molar-refractivity contribution in [3.63, 3.8) is 0 Å². The lowest BCUT2D eigenvalue weighted by atomic mass is 9.96. The van der Waals surface area contributed by atoms with E-state index in [1.807, 2.05) is 13.0 Å². The molecule has 1 fully saturated rings. The van der Waals surface area contributed by atoms with Gasteiger partial charge in [-0.2, -0.15) is 0 Å². The fourth-order valence-electron chi connectivity index (χ4n) is 3.02. The summed E-state index contributed by atoms with van der Waals surface area (Å²) < 4.78 is 0. The Morgan fingerprint density at radius 3 is 2.90 bits per heavy atom. The molecule has 0 radical (unpaired) electrons. The molecule has 0 saturated carbocycles. The highest BCUT2D eigenvalue weighted by Gasteiger charge is 2.27. The molecule has 0 unspecified atom stereocenters. The molecule has 0 aromatic heterocycles. The Hall–Kier alpha value is -1.46. The summed E-state index contributed by atoms with van der Waals surface area (Å²) in [6.07, 6.45) is 2.89. The zero-order valence-corrected chi connectivity index (χ0v) is 12.1. The number of nitrogens with zero attached hydrogens (tertiary/aromatic N) is 2. The van der Waals surface area contributed by atoms with Crippen LogP contribution < -0.4 is 0 Å². The van der Waals surface area contributed by atoms with Crippen molar-refractivity contribution in [1.29, 1.82) is 0 Å². The van der Waals surface area contributed by atoms with Crippen molar-refractivity contribution in [3.05, 3.63) is 39.4 Å². The summed E-state index contributed by atoms with van der Waals surface area (Å²) in [6.45, 7) is 5.23. The molecule has 1 aromatic carbocycles. The van der Waals surface area contributed by atoms with Gasteiger partial charge in [-0.25, -0.2) is 0 Å². The summed E-state index contributed by atoms with van der Waals surface area (Å²) in [6, 6.07) is 5.38. The number of benzene rings is 1. The summed E-state index contributed by atoms with van der Waals surface area (Å²) in [5, 5.41) is 20.9. The lowest BCUT2D eigenvalue weighted by Gasteiger charge is -2.37. The van der Waals surface area contributed by atoms with E-state index in [1.54, 1.807) is 19.1 Å². The minimum atomic E-state index is -0.366. The van der Waals surface area contributed by atoms with Crippen LogP contribution in [0.1, 0.15) is 37.3 Å². The molecule has 0 bridgehead atoms. The lowest BCUT2D eigenvalue weighted by Crippen LogP contribution is -2.45. The van der Waals surface area contributed by atoms with Crippen molar-refractivity contribution in [1.82, 2.24) is 4.90 Å². The first-order valence-electron chi connectivity index (χ1n) is 7.15. The van der Waals surface area contributed by atoms with Crippen LogP contribution in [0.25, 0.3) is 0 Å². The van der Waals surface area contributed by atoms with Crippen LogP contribution in [0, 0.1) is 17.0 Å². The number of aliphatic hydroxyl groups excluding tert-OH is 1. The van der Waals surface area contributed by atoms with Gasteiger partial charge in [-0.05, 0) is 38.8 Å². The van der Waals surface area contributed by atoms with Gasteiger partial charge in [0.25, 0.3) is 5.69 Å². The Bertz CT molecular complexity index is 488. The highest BCUT2D eigenvalue weighted by Crippen LogP contribution is 2.26. The Kier molecular flexibility index (Phi) is 4.73. The van der Waals surface area contributed by atoms with Gasteiger partial charge in [-0.1, -0.05) is 18.6 Å². The molecule has 0 spiro atoms. The van der Waals surface area contributed by atoms with Crippen molar-refractivity contribution in [2.24, 2.45) is 0 Å². The molecule has 1 saturated heterocycles. The highest BCUT2D eigenvalue weighted by atomic mass is 16.6. The first-order chi connectivity index (χ1) is 9.50. The van der Waals surface area contributed by atoms with Crippen molar-refractivity contribution in [2.75, 3.05) is 6.54 Å². The van der Waals surface area contributed by atoms with Gasteiger partial charge in [0.05, 0.1) is 11.0 Å². The summed E-state index contributed by atoms with van der Waals surface area (Å²) in [5.41, 5.74) is 1.88. The number of hydrogen-bond donors (Lipinski definition) is 1. The van der Waals surface area contributed by atoms with Crippen molar-refractivity contribution in [2.45, 2.75) is 51.8 Å². The number of piperidine rings is 1. The van der Waals surface area contributed by atoms with Crippen molar-refractivity contribution in [3.8, 4) is 0 Å². The van der Waals surface area contributed by atoms with E-state index >= 15 is 0 Å². The van der Waals surface area contributed by atoms with Gasteiger partial charge in [-0.3, -0.25) is 15.0 Å². The quantitative estimate of drug-likeness (QED) is 0.679. The minimum absolute atomic E-state index is 0.155. The maximum atomic E-state index is 11.0. The predicted molar refractivity (Wildman–Crippen MR) is 77.6 cm³/mol. The topological polar surface area (TPSA) is 66.6 Å². The zero-order valence-electron chi connectivity index (χ0n) is 12.1. The molecule has 1 heterocycles. The third kappa shape index (κ3) is 3.16. The number of likely N-dealkylation sites (tertiary alicyclic amines) is 1. The van der Waals surface area contributed by atoms with E-state index in [9.17, 15) is 15.2 Å². The summed E-state index contributed by atoms with van der Waals surface area (Å²) >= 11 is 0. The Morgan fingerprint density at radius 2 is 2.25 bits per heavy atom. The third-order valence-corrected chi connectivity index (χ3v) is 4.21. The van der Waals surface area contributed by atoms with E-state index in [0.29, 0.717) is 6.54 Å². The predicted octanol–water partition coefficient (Wildman–Crippen LogP) is 2.64. The van der Waals surface area contributed by atoms with Crippen LogP contribution in [-0.4, -0.2) is 33.6 Å². The molecule has 2 atom stereocenters. The largest absolute Gasteiger partial charge is 0.392 e. The second-order valence-electron chi connectivity index (χ2n) is 5.59. The average Bonchev–Trinajstić information content (AvgIpc) is 2.41. The van der Waals surface area contributed by atoms with E-state index in [0.717, 1.165) is 36.9 Å². The van der Waals surface area contributed by atoms with Gasteiger partial charge >= 0.3 is 0 Å². The maximum Gasteiger partial charge on any atom is 0.272 e. The molecule has 5 heteroatoms. The standard InChI is InChI=1S/C15H22N2O3/c1-11-13(6-5-8-14(11)17(19)20)10-16-9-4-3-7-15(16)12(2)18/h5-6,8,12,15,18H,3-4,7,9-10H2,1-2H3/t12-,15+/m1/s1. The van der Waals surface area contributed by atoms with Crippen LogP contribution in [0.15, 0.2) is 18.2 Å². The van der Waals surface area contributed by atoms with Gasteiger partial charge in [0, 0.05) is 24.2 Å². The monoisotopic (exact) mass is 278 g/mol. The summed E-state index contributed by atoms with van der Waals surface area (Å²) in [7, 11) is 0. The lowest BCUT2D eigenvalue weighted by molar-refractivity contribution is -0.385. The SMILES string of the molecule is Cc1c(CN2CCCC[C@H]2[C@@H](C)O)cccc1[N+](=O)[O-]. The van der Waals surface area contributed by atoms with Crippen molar-refractivity contribution < 1.29 is 10.0 Å². The highest BCUT2D eigenvalue weighted by molar-refractivity contribution is 5.44. The Balaban J connectivity index is 2.20. The minimum Gasteiger partial charge on any atom is -0.392 e. The van der Waals surface area contributed by atoms with Crippen molar-refractivity contribution >= 4 is 5.69 Å². The average molecular weight is 278 g/mol. The molecule has 0 aliphatic carbocycles. The first kappa shape index (κ1) is 14.9. The summed E-state index contributed by atoms with van der Waals surface area (Å²) in [4.78, 5) is 12.9. The fraction of sp³-hybridized carbons (Fsp3) is 0.600. The molecule has 1 aliphatic heterocycles. The van der Waals surface area contributed by atoms with Gasteiger partial charge in [0.2, 0.25) is 0 Å². The molecule has 1 N–H and O–H groups in total. The van der Waals surface area contributed by atoms with Gasteiger partial charge < -0.3 is 5.11 Å². The van der Waals surface area contributed by atoms with Gasteiger partial charge in [0.1, 0.15) is 0 Å². The smallest absolute Gasteiger partial charge is 0.272 e. The van der Waals surface area contributed by atoms with E-state index < -0.39 is 0 Å². The Labute approximate surface area is 119 Å². The first-order valence-corrected chi connectivity index (χ1v) is 7.15. The third-order valence-electron chi connectivity index (χ3n) is 4.21. The molecule has 20 heavy (non-hydrogen) atoms. The molecular formula is C15H22N2O3. The summed E-state index contributed by atoms with van der Waals surface area (Å²) in [5.74, 6) is 0. The number of nitro groups is 1.